The largest absolute Gasteiger partial charge is 0.437 e. The van der Waals surface area contributed by atoms with Crippen LogP contribution >= 0.6 is 15.9 Å². The van der Waals surface area contributed by atoms with E-state index < -0.39 is 11.6 Å². The molecule has 6 heteroatoms. The maximum absolute atomic E-state index is 13.2. The van der Waals surface area contributed by atoms with Gasteiger partial charge in [-0.25, -0.2) is 8.78 Å². The number of pyridine rings is 1. The number of aromatic nitrogens is 2. The lowest BCUT2D eigenvalue weighted by Gasteiger charge is -2.05. The van der Waals surface area contributed by atoms with Crippen LogP contribution in [0.2, 0.25) is 0 Å². The Hall–Kier alpha value is -1.95. The van der Waals surface area contributed by atoms with E-state index in [9.17, 15) is 8.78 Å². The summed E-state index contributed by atoms with van der Waals surface area (Å²) in [5, 5.41) is 0.505. The number of hydrogen-bond acceptors (Lipinski definition) is 2. The molecule has 0 saturated heterocycles. The predicted octanol–water partition coefficient (Wildman–Crippen LogP) is 4.30. The minimum absolute atomic E-state index is 0.0770. The molecule has 0 N–H and O–H groups in total. The average Bonchev–Trinajstić information content (AvgIpc) is 2.74. The summed E-state index contributed by atoms with van der Waals surface area (Å²) in [6.45, 7) is 0. The normalized spacial score (nSPS) is 10.9. The highest BCUT2D eigenvalue weighted by Crippen LogP contribution is 2.28. The first-order valence-electron chi connectivity index (χ1n) is 5.83. The Kier molecular flexibility index (Phi) is 3.40. The van der Waals surface area contributed by atoms with Crippen LogP contribution in [0, 0.1) is 11.6 Å². The number of ether oxygens (including phenoxy) is 1. The highest BCUT2D eigenvalue weighted by molar-refractivity contribution is 9.08. The van der Waals surface area contributed by atoms with E-state index in [-0.39, 0.29) is 5.75 Å². The third-order valence-corrected chi connectivity index (χ3v) is 3.30. The number of fused-ring (bicyclic) bond motifs is 1. The van der Waals surface area contributed by atoms with Crippen molar-refractivity contribution in [2.45, 2.75) is 5.33 Å². The molecule has 3 rings (SSSR count). The quantitative estimate of drug-likeness (QED) is 0.665. The zero-order valence-corrected chi connectivity index (χ0v) is 11.8. The molecule has 3 aromatic rings. The molecule has 0 unspecified atom stereocenters. The van der Waals surface area contributed by atoms with E-state index in [4.69, 9.17) is 4.74 Å². The summed E-state index contributed by atoms with van der Waals surface area (Å²) >= 11 is 3.36. The number of hydrogen-bond donors (Lipinski definition) is 0. The Morgan fingerprint density at radius 1 is 1.15 bits per heavy atom. The summed E-state index contributed by atoms with van der Waals surface area (Å²) < 4.78 is 33.7. The van der Waals surface area contributed by atoms with Crippen molar-refractivity contribution in [3.05, 3.63) is 59.9 Å². The molecule has 0 spiro atoms. The zero-order valence-electron chi connectivity index (χ0n) is 10.2. The molecule has 0 radical (unpaired) electrons. The molecular weight excluding hydrogens is 330 g/mol. The number of rotatable bonds is 3. The van der Waals surface area contributed by atoms with Crippen LogP contribution < -0.4 is 4.74 Å². The van der Waals surface area contributed by atoms with Gasteiger partial charge in [-0.2, -0.15) is 4.98 Å². The summed E-state index contributed by atoms with van der Waals surface area (Å²) in [5.41, 5.74) is 1.47. The average molecular weight is 339 g/mol. The van der Waals surface area contributed by atoms with E-state index in [2.05, 4.69) is 20.9 Å². The Labute approximate surface area is 122 Å². The van der Waals surface area contributed by atoms with E-state index in [1.165, 1.54) is 0 Å². The number of halogens is 3. The molecular formula is C14H9BrF2N2O. The molecule has 0 saturated carbocycles. The lowest BCUT2D eigenvalue weighted by molar-refractivity contribution is 0.450. The number of benzene rings is 1. The molecule has 20 heavy (non-hydrogen) atoms. The Morgan fingerprint density at radius 2 is 1.90 bits per heavy atom. The monoisotopic (exact) mass is 338 g/mol. The van der Waals surface area contributed by atoms with Crippen LogP contribution in [0.1, 0.15) is 5.69 Å². The molecule has 0 fully saturated rings. The number of alkyl halides is 1. The predicted molar refractivity (Wildman–Crippen MR) is 74.3 cm³/mol. The van der Waals surface area contributed by atoms with Crippen molar-refractivity contribution >= 4 is 21.6 Å². The second-order valence-electron chi connectivity index (χ2n) is 4.13. The van der Waals surface area contributed by atoms with Gasteiger partial charge in [0.15, 0.2) is 0 Å². The third-order valence-electron chi connectivity index (χ3n) is 2.77. The van der Waals surface area contributed by atoms with Crippen molar-refractivity contribution in [2.75, 3.05) is 0 Å². The molecule has 1 aromatic carbocycles. The molecule has 0 aliphatic rings. The van der Waals surface area contributed by atoms with Crippen LogP contribution in [0.4, 0.5) is 8.78 Å². The molecule has 2 aromatic heterocycles. The fourth-order valence-electron chi connectivity index (χ4n) is 1.93. The van der Waals surface area contributed by atoms with E-state index in [0.29, 0.717) is 16.9 Å². The van der Waals surface area contributed by atoms with Gasteiger partial charge in [-0.3, -0.25) is 4.40 Å². The maximum atomic E-state index is 13.2. The van der Waals surface area contributed by atoms with E-state index >= 15 is 0 Å². The van der Waals surface area contributed by atoms with Crippen molar-refractivity contribution in [1.82, 2.24) is 9.38 Å². The van der Waals surface area contributed by atoms with Crippen molar-refractivity contribution in [2.24, 2.45) is 0 Å². The van der Waals surface area contributed by atoms with Gasteiger partial charge in [-0.15, -0.1) is 0 Å². The minimum atomic E-state index is -0.691. The van der Waals surface area contributed by atoms with Gasteiger partial charge in [0.05, 0.1) is 5.69 Å². The van der Waals surface area contributed by atoms with Gasteiger partial charge < -0.3 is 4.74 Å². The standard InChI is InChI=1S/C14H9BrF2N2O/c15-8-12-14(18-13-3-1-2-4-19(12)13)20-11-6-9(16)5-10(17)7-11/h1-7H,8H2. The van der Waals surface area contributed by atoms with Crippen molar-refractivity contribution in [3.8, 4) is 11.6 Å². The molecule has 3 nitrogen and oxygen atoms in total. The van der Waals surface area contributed by atoms with Crippen LogP contribution in [0.5, 0.6) is 11.6 Å². The van der Waals surface area contributed by atoms with Gasteiger partial charge in [0.1, 0.15) is 23.0 Å². The molecule has 102 valence electrons. The fourth-order valence-corrected chi connectivity index (χ4v) is 2.44. The minimum Gasteiger partial charge on any atom is -0.437 e. The van der Waals surface area contributed by atoms with E-state index in [0.717, 1.165) is 23.9 Å². The van der Waals surface area contributed by atoms with Crippen molar-refractivity contribution in [1.29, 1.82) is 0 Å². The molecule has 0 amide bonds. The summed E-state index contributed by atoms with van der Waals surface area (Å²) in [7, 11) is 0. The maximum Gasteiger partial charge on any atom is 0.242 e. The third kappa shape index (κ3) is 2.38. The van der Waals surface area contributed by atoms with Crippen LogP contribution in [-0.4, -0.2) is 9.38 Å². The van der Waals surface area contributed by atoms with Crippen LogP contribution in [0.3, 0.4) is 0 Å². The van der Waals surface area contributed by atoms with Crippen LogP contribution in [0.15, 0.2) is 42.6 Å². The zero-order chi connectivity index (χ0) is 14.1. The van der Waals surface area contributed by atoms with Crippen LogP contribution in [-0.2, 0) is 5.33 Å². The second kappa shape index (κ2) is 5.20. The highest BCUT2D eigenvalue weighted by Gasteiger charge is 2.13. The Bertz CT molecular complexity index is 753. The van der Waals surface area contributed by atoms with Crippen molar-refractivity contribution < 1.29 is 13.5 Å². The number of imidazole rings is 1. The van der Waals surface area contributed by atoms with Gasteiger partial charge in [-0.05, 0) is 12.1 Å². The first kappa shape index (κ1) is 13.1. The number of nitrogens with zero attached hydrogens (tertiary/aromatic N) is 2. The Balaban J connectivity index is 2.05. The molecule has 0 atom stereocenters. The topological polar surface area (TPSA) is 26.5 Å². The smallest absolute Gasteiger partial charge is 0.242 e. The van der Waals surface area contributed by atoms with Crippen molar-refractivity contribution in [3.63, 3.8) is 0 Å². The highest BCUT2D eigenvalue weighted by atomic mass is 79.9. The lowest BCUT2D eigenvalue weighted by Crippen LogP contribution is -1.92. The van der Waals surface area contributed by atoms with Gasteiger partial charge in [0.2, 0.25) is 5.88 Å². The second-order valence-corrected chi connectivity index (χ2v) is 4.69. The first-order valence-corrected chi connectivity index (χ1v) is 6.95. The van der Waals surface area contributed by atoms with Gasteiger partial charge in [0, 0.05) is 29.7 Å². The molecule has 0 bridgehead atoms. The lowest BCUT2D eigenvalue weighted by atomic mass is 10.3. The molecule has 0 aliphatic carbocycles. The summed E-state index contributed by atoms with van der Waals surface area (Å²) in [6.07, 6.45) is 1.85. The fraction of sp³-hybridized carbons (Fsp3) is 0.0714. The van der Waals surface area contributed by atoms with Gasteiger partial charge >= 0.3 is 0 Å². The van der Waals surface area contributed by atoms with Gasteiger partial charge in [0.25, 0.3) is 0 Å². The first-order chi connectivity index (χ1) is 9.67. The van der Waals surface area contributed by atoms with E-state index in [1.807, 2.05) is 28.8 Å². The van der Waals surface area contributed by atoms with Crippen LogP contribution in [0.25, 0.3) is 5.65 Å². The van der Waals surface area contributed by atoms with Gasteiger partial charge in [-0.1, -0.05) is 22.0 Å². The Morgan fingerprint density at radius 3 is 2.60 bits per heavy atom. The molecule has 0 aliphatic heterocycles. The van der Waals surface area contributed by atoms with E-state index in [1.54, 1.807) is 0 Å². The summed E-state index contributed by atoms with van der Waals surface area (Å²) in [6, 6.07) is 8.57. The molecule has 2 heterocycles. The summed E-state index contributed by atoms with van der Waals surface area (Å²) in [5.74, 6) is -0.987. The summed E-state index contributed by atoms with van der Waals surface area (Å²) in [4.78, 5) is 4.30. The SMILES string of the molecule is Fc1cc(F)cc(Oc2nc3ccccn3c2CBr)c1.